The first-order valence-corrected chi connectivity index (χ1v) is 6.32. The fourth-order valence-corrected chi connectivity index (χ4v) is 2.09. The van der Waals surface area contributed by atoms with Gasteiger partial charge in [-0.1, -0.05) is 22.0 Å². The summed E-state index contributed by atoms with van der Waals surface area (Å²) in [5.74, 6) is 0. The van der Waals surface area contributed by atoms with E-state index in [2.05, 4.69) is 21.2 Å². The summed E-state index contributed by atoms with van der Waals surface area (Å²) in [6, 6.07) is 11.7. The Morgan fingerprint density at radius 1 is 1.30 bits per heavy atom. The maximum atomic E-state index is 11.1. The first kappa shape index (κ1) is 13.8. The Labute approximate surface area is 123 Å². The molecule has 0 aromatic heterocycles. The van der Waals surface area contributed by atoms with Crippen molar-refractivity contribution in [3.63, 3.8) is 0 Å². The summed E-state index contributed by atoms with van der Waals surface area (Å²) in [6.45, 7) is 0. The number of nitrogen functional groups attached to an aromatic ring is 1. The number of halogens is 1. The van der Waals surface area contributed by atoms with Crippen LogP contribution in [0.5, 0.6) is 0 Å². The van der Waals surface area contributed by atoms with Crippen LogP contribution in [0.3, 0.4) is 0 Å². The van der Waals surface area contributed by atoms with Gasteiger partial charge in [0.25, 0.3) is 0 Å². The SMILES string of the molecule is N#Cc1cc(Br)ccc1Nc1cccc(N)c1[N+](=O)[O-]. The van der Waals surface area contributed by atoms with Gasteiger partial charge < -0.3 is 11.1 Å². The minimum Gasteiger partial charge on any atom is -0.393 e. The molecule has 0 fully saturated rings. The predicted octanol–water partition coefficient (Wildman–Crippen LogP) is 3.55. The van der Waals surface area contributed by atoms with Crippen LogP contribution in [0.15, 0.2) is 40.9 Å². The maximum Gasteiger partial charge on any atom is 0.315 e. The minimum absolute atomic E-state index is 0.0654. The molecule has 0 amide bonds. The number of nitro groups is 1. The van der Waals surface area contributed by atoms with Crippen molar-refractivity contribution in [1.29, 1.82) is 5.26 Å². The van der Waals surface area contributed by atoms with E-state index in [4.69, 9.17) is 11.0 Å². The van der Waals surface area contributed by atoms with Gasteiger partial charge in [-0.25, -0.2) is 0 Å². The van der Waals surface area contributed by atoms with Gasteiger partial charge in [0.1, 0.15) is 17.4 Å². The van der Waals surface area contributed by atoms with E-state index < -0.39 is 4.92 Å². The topological polar surface area (TPSA) is 105 Å². The Morgan fingerprint density at radius 3 is 2.70 bits per heavy atom. The van der Waals surface area contributed by atoms with Gasteiger partial charge in [-0.15, -0.1) is 0 Å². The highest BCUT2D eigenvalue weighted by Gasteiger charge is 2.18. The molecule has 0 aliphatic heterocycles. The number of nitro benzene ring substituents is 1. The van der Waals surface area contributed by atoms with Crippen LogP contribution in [0.1, 0.15) is 5.56 Å². The summed E-state index contributed by atoms with van der Waals surface area (Å²) < 4.78 is 0.752. The predicted molar refractivity (Wildman–Crippen MR) is 79.6 cm³/mol. The monoisotopic (exact) mass is 332 g/mol. The molecule has 0 saturated heterocycles. The molecule has 6 nitrogen and oxygen atoms in total. The van der Waals surface area contributed by atoms with Gasteiger partial charge in [-0.05, 0) is 30.3 Å². The molecule has 20 heavy (non-hydrogen) atoms. The Balaban J connectivity index is 2.49. The number of anilines is 3. The van der Waals surface area contributed by atoms with Crippen LogP contribution >= 0.6 is 15.9 Å². The third-order valence-corrected chi connectivity index (χ3v) is 3.11. The second kappa shape index (κ2) is 5.59. The Hall–Kier alpha value is -2.59. The minimum atomic E-state index is -0.553. The average molecular weight is 333 g/mol. The van der Waals surface area contributed by atoms with E-state index in [1.807, 2.05) is 6.07 Å². The number of nitrogens with zero attached hydrogens (tertiary/aromatic N) is 2. The summed E-state index contributed by atoms with van der Waals surface area (Å²) >= 11 is 3.26. The van der Waals surface area contributed by atoms with Crippen molar-refractivity contribution in [2.45, 2.75) is 0 Å². The van der Waals surface area contributed by atoms with Gasteiger partial charge in [0, 0.05) is 4.47 Å². The number of para-hydroxylation sites is 1. The highest BCUT2D eigenvalue weighted by atomic mass is 79.9. The molecule has 0 spiro atoms. The zero-order valence-corrected chi connectivity index (χ0v) is 11.7. The van der Waals surface area contributed by atoms with Crippen LogP contribution < -0.4 is 11.1 Å². The fourth-order valence-electron chi connectivity index (χ4n) is 1.73. The largest absolute Gasteiger partial charge is 0.393 e. The number of hydrogen-bond donors (Lipinski definition) is 2. The molecule has 100 valence electrons. The second-order valence-corrected chi connectivity index (χ2v) is 4.84. The van der Waals surface area contributed by atoms with E-state index in [0.29, 0.717) is 11.3 Å². The number of nitrogens with two attached hydrogens (primary N) is 1. The lowest BCUT2D eigenvalue weighted by Crippen LogP contribution is -2.01. The maximum absolute atomic E-state index is 11.1. The van der Waals surface area contributed by atoms with Crippen LogP contribution in [-0.4, -0.2) is 4.92 Å². The molecular formula is C13H9BrN4O2. The van der Waals surface area contributed by atoms with Crippen LogP contribution in [-0.2, 0) is 0 Å². The molecule has 0 aliphatic rings. The number of hydrogen-bond acceptors (Lipinski definition) is 5. The Morgan fingerprint density at radius 2 is 2.05 bits per heavy atom. The summed E-state index contributed by atoms with van der Waals surface area (Å²) in [6.07, 6.45) is 0. The van der Waals surface area contributed by atoms with Crippen molar-refractivity contribution in [2.24, 2.45) is 0 Å². The molecule has 0 atom stereocenters. The molecule has 0 heterocycles. The van der Waals surface area contributed by atoms with Crippen LogP contribution in [0.4, 0.5) is 22.7 Å². The molecular weight excluding hydrogens is 324 g/mol. The summed E-state index contributed by atoms with van der Waals surface area (Å²) in [5, 5.41) is 23.0. The smallest absolute Gasteiger partial charge is 0.315 e. The number of benzene rings is 2. The first-order valence-electron chi connectivity index (χ1n) is 5.52. The van der Waals surface area contributed by atoms with E-state index in [9.17, 15) is 10.1 Å². The third kappa shape index (κ3) is 2.70. The van der Waals surface area contributed by atoms with Gasteiger partial charge in [0.2, 0.25) is 0 Å². The zero-order valence-electron chi connectivity index (χ0n) is 10.1. The third-order valence-electron chi connectivity index (χ3n) is 2.62. The van der Waals surface area contributed by atoms with Crippen molar-refractivity contribution in [3.05, 3.63) is 56.5 Å². The lowest BCUT2D eigenvalue weighted by Gasteiger charge is -2.10. The molecule has 0 radical (unpaired) electrons. The fraction of sp³-hybridized carbons (Fsp3) is 0. The molecule has 0 bridgehead atoms. The van der Waals surface area contributed by atoms with Crippen LogP contribution in [0, 0.1) is 21.4 Å². The van der Waals surface area contributed by atoms with Crippen molar-refractivity contribution >= 4 is 38.7 Å². The molecule has 3 N–H and O–H groups in total. The lowest BCUT2D eigenvalue weighted by molar-refractivity contribution is -0.383. The molecule has 2 rings (SSSR count). The van der Waals surface area contributed by atoms with E-state index in [0.717, 1.165) is 4.47 Å². The van der Waals surface area contributed by atoms with Gasteiger partial charge in [0.15, 0.2) is 0 Å². The van der Waals surface area contributed by atoms with Crippen molar-refractivity contribution < 1.29 is 4.92 Å². The van der Waals surface area contributed by atoms with Crippen molar-refractivity contribution in [2.75, 3.05) is 11.1 Å². The molecule has 0 saturated carbocycles. The molecule has 0 aliphatic carbocycles. The molecule has 2 aromatic carbocycles. The quantitative estimate of drug-likeness (QED) is 0.508. The van der Waals surface area contributed by atoms with Gasteiger partial charge >= 0.3 is 5.69 Å². The number of rotatable bonds is 3. The molecule has 0 unspecified atom stereocenters. The molecule has 2 aromatic rings. The van der Waals surface area contributed by atoms with Crippen molar-refractivity contribution in [1.82, 2.24) is 0 Å². The van der Waals surface area contributed by atoms with E-state index in [-0.39, 0.29) is 17.1 Å². The van der Waals surface area contributed by atoms with Gasteiger partial charge in [0.05, 0.1) is 16.2 Å². The first-order chi connectivity index (χ1) is 9.52. The Kier molecular flexibility index (Phi) is 3.86. The number of nitrogens with one attached hydrogen (secondary N) is 1. The molecule has 7 heteroatoms. The Bertz CT molecular complexity index is 725. The van der Waals surface area contributed by atoms with Crippen LogP contribution in [0.25, 0.3) is 0 Å². The van der Waals surface area contributed by atoms with Gasteiger partial charge in [-0.3, -0.25) is 10.1 Å². The van der Waals surface area contributed by atoms with Crippen molar-refractivity contribution in [3.8, 4) is 6.07 Å². The summed E-state index contributed by atoms with van der Waals surface area (Å²) in [7, 11) is 0. The van der Waals surface area contributed by atoms with Gasteiger partial charge in [-0.2, -0.15) is 5.26 Å². The second-order valence-electron chi connectivity index (χ2n) is 3.93. The zero-order chi connectivity index (χ0) is 14.7. The average Bonchev–Trinajstić information content (AvgIpc) is 2.40. The summed E-state index contributed by atoms with van der Waals surface area (Å²) in [4.78, 5) is 10.5. The number of nitriles is 1. The van der Waals surface area contributed by atoms with Crippen LogP contribution in [0.2, 0.25) is 0 Å². The standard InChI is InChI=1S/C13H9BrN4O2/c14-9-4-5-11(8(6-9)7-15)17-12-3-1-2-10(16)13(12)18(19)20/h1-6,17H,16H2. The van der Waals surface area contributed by atoms with E-state index >= 15 is 0 Å². The normalized spacial score (nSPS) is 9.80. The summed E-state index contributed by atoms with van der Waals surface area (Å²) in [5.41, 5.74) is 6.56. The highest BCUT2D eigenvalue weighted by Crippen LogP contribution is 2.34. The van der Waals surface area contributed by atoms with E-state index in [1.165, 1.54) is 12.1 Å². The van der Waals surface area contributed by atoms with E-state index in [1.54, 1.807) is 24.3 Å². The highest BCUT2D eigenvalue weighted by molar-refractivity contribution is 9.10. The lowest BCUT2D eigenvalue weighted by atomic mass is 10.1.